The van der Waals surface area contributed by atoms with Gasteiger partial charge in [0.25, 0.3) is 0 Å². The highest BCUT2D eigenvalue weighted by molar-refractivity contribution is 5.96. The number of esters is 1. The molecule has 0 atom stereocenters. The van der Waals surface area contributed by atoms with Crippen molar-refractivity contribution in [3.63, 3.8) is 0 Å². The number of hydrogen-bond donors (Lipinski definition) is 1. The molecule has 0 bridgehead atoms. The summed E-state index contributed by atoms with van der Waals surface area (Å²) in [5, 5.41) is 2.84. The third kappa shape index (κ3) is 9.25. The third-order valence-electron chi connectivity index (χ3n) is 4.96. The van der Waals surface area contributed by atoms with E-state index in [1.54, 1.807) is 42.5 Å². The van der Waals surface area contributed by atoms with Crippen molar-refractivity contribution < 1.29 is 41.7 Å². The van der Waals surface area contributed by atoms with Crippen LogP contribution in [-0.2, 0) is 20.4 Å². The van der Waals surface area contributed by atoms with Gasteiger partial charge in [-0.05, 0) is 54.6 Å². The standard InChI is InChI=1S/C27H26F3NO6/c28-27(29,30)21-4-3-5-22(18-21)31-25-7-2-1-6-24(25)26(33)37-17-15-35-13-12-34-14-16-36-23-10-8-20(19-32)9-11-23/h1-11,18-19,31H,12-17H2. The normalized spacial score (nSPS) is 11.1. The van der Waals surface area contributed by atoms with Crippen molar-refractivity contribution in [1.29, 1.82) is 0 Å². The summed E-state index contributed by atoms with van der Waals surface area (Å²) in [6.07, 6.45) is -3.71. The Balaban J connectivity index is 1.32. The van der Waals surface area contributed by atoms with E-state index in [1.807, 2.05) is 0 Å². The number of rotatable bonds is 14. The number of ether oxygens (including phenoxy) is 4. The van der Waals surface area contributed by atoms with Crippen molar-refractivity contribution in [2.24, 2.45) is 0 Å². The summed E-state index contributed by atoms with van der Waals surface area (Å²) in [5.41, 5.74) is 0.478. The largest absolute Gasteiger partial charge is 0.491 e. The fourth-order valence-corrected chi connectivity index (χ4v) is 3.15. The summed E-state index contributed by atoms with van der Waals surface area (Å²) < 4.78 is 60.4. The summed E-state index contributed by atoms with van der Waals surface area (Å²) in [6, 6.07) is 17.8. The first-order valence-electron chi connectivity index (χ1n) is 11.4. The van der Waals surface area contributed by atoms with Crippen LogP contribution in [0.1, 0.15) is 26.3 Å². The maximum atomic E-state index is 13.0. The topological polar surface area (TPSA) is 83.1 Å². The summed E-state index contributed by atoms with van der Waals surface area (Å²) in [5.74, 6) is 0.00659. The third-order valence-corrected chi connectivity index (χ3v) is 4.96. The van der Waals surface area contributed by atoms with E-state index in [1.165, 1.54) is 18.2 Å². The van der Waals surface area contributed by atoms with Crippen molar-refractivity contribution in [2.45, 2.75) is 6.18 Å². The van der Waals surface area contributed by atoms with Gasteiger partial charge >= 0.3 is 12.1 Å². The first kappa shape index (κ1) is 27.7. The molecular weight excluding hydrogens is 491 g/mol. The number of aldehydes is 1. The van der Waals surface area contributed by atoms with Gasteiger partial charge in [0, 0.05) is 11.3 Å². The zero-order valence-electron chi connectivity index (χ0n) is 19.8. The molecule has 0 amide bonds. The first-order valence-corrected chi connectivity index (χ1v) is 11.4. The Hall–Kier alpha value is -3.89. The molecule has 0 spiro atoms. The molecule has 0 aliphatic carbocycles. The van der Waals surface area contributed by atoms with Gasteiger partial charge in [-0.1, -0.05) is 18.2 Å². The highest BCUT2D eigenvalue weighted by atomic mass is 19.4. The molecule has 0 saturated heterocycles. The molecule has 7 nitrogen and oxygen atoms in total. The lowest BCUT2D eigenvalue weighted by Gasteiger charge is -2.13. The van der Waals surface area contributed by atoms with Crippen LogP contribution >= 0.6 is 0 Å². The average molecular weight is 518 g/mol. The smallest absolute Gasteiger partial charge is 0.416 e. The minimum atomic E-state index is -4.47. The van der Waals surface area contributed by atoms with Gasteiger partial charge in [-0.2, -0.15) is 13.2 Å². The fraction of sp³-hybridized carbons (Fsp3) is 0.259. The quantitative estimate of drug-likeness (QED) is 0.171. The molecule has 0 aliphatic rings. The molecule has 0 fully saturated rings. The molecule has 0 unspecified atom stereocenters. The molecule has 0 radical (unpaired) electrons. The van der Waals surface area contributed by atoms with Gasteiger partial charge < -0.3 is 24.3 Å². The summed E-state index contributed by atoms with van der Waals surface area (Å²) in [7, 11) is 0. The molecule has 3 aromatic rings. The van der Waals surface area contributed by atoms with Crippen molar-refractivity contribution in [2.75, 3.05) is 45.0 Å². The highest BCUT2D eigenvalue weighted by Crippen LogP contribution is 2.32. The van der Waals surface area contributed by atoms with Gasteiger partial charge in [0.2, 0.25) is 0 Å². The lowest BCUT2D eigenvalue weighted by Crippen LogP contribution is -2.15. The Morgan fingerprint density at radius 1 is 0.811 bits per heavy atom. The maximum absolute atomic E-state index is 13.0. The molecule has 10 heteroatoms. The predicted molar refractivity (Wildman–Crippen MR) is 130 cm³/mol. The van der Waals surface area contributed by atoms with Gasteiger partial charge in [-0.25, -0.2) is 4.79 Å². The van der Waals surface area contributed by atoms with Gasteiger partial charge in [0.1, 0.15) is 25.2 Å². The van der Waals surface area contributed by atoms with Crippen LogP contribution in [0.15, 0.2) is 72.8 Å². The predicted octanol–water partition coefficient (Wildman–Crippen LogP) is 5.53. The minimum absolute atomic E-state index is 0.00335. The average Bonchev–Trinajstić information content (AvgIpc) is 2.90. The van der Waals surface area contributed by atoms with Crippen LogP contribution in [0.25, 0.3) is 0 Å². The Morgan fingerprint density at radius 3 is 2.19 bits per heavy atom. The number of carbonyl (C=O) groups is 2. The number of carbonyl (C=O) groups excluding carboxylic acids is 2. The monoisotopic (exact) mass is 517 g/mol. The number of halogens is 3. The second-order valence-electron chi connectivity index (χ2n) is 7.65. The zero-order valence-corrected chi connectivity index (χ0v) is 19.8. The summed E-state index contributed by atoms with van der Waals surface area (Å²) in [4.78, 5) is 23.1. The summed E-state index contributed by atoms with van der Waals surface area (Å²) in [6.45, 7) is 1.45. The van der Waals surface area contributed by atoms with Crippen molar-refractivity contribution in [3.05, 3.63) is 89.5 Å². The van der Waals surface area contributed by atoms with Crippen molar-refractivity contribution in [1.82, 2.24) is 0 Å². The van der Waals surface area contributed by atoms with E-state index in [9.17, 15) is 22.8 Å². The van der Waals surface area contributed by atoms with Gasteiger partial charge in [-0.3, -0.25) is 4.79 Å². The van der Waals surface area contributed by atoms with E-state index in [2.05, 4.69) is 5.32 Å². The van der Waals surface area contributed by atoms with Crippen LogP contribution in [0, 0.1) is 0 Å². The lowest BCUT2D eigenvalue weighted by molar-refractivity contribution is -0.137. The Morgan fingerprint density at radius 2 is 1.49 bits per heavy atom. The summed E-state index contributed by atoms with van der Waals surface area (Å²) >= 11 is 0. The van der Waals surface area contributed by atoms with E-state index < -0.39 is 17.7 Å². The Kier molecular flexibility index (Phi) is 10.5. The Labute approximate surface area is 212 Å². The number of anilines is 2. The van der Waals surface area contributed by atoms with Gasteiger partial charge in [0.15, 0.2) is 0 Å². The molecular formula is C27H26F3NO6. The van der Waals surface area contributed by atoms with Crippen LogP contribution in [0.3, 0.4) is 0 Å². The van der Waals surface area contributed by atoms with Crippen LogP contribution < -0.4 is 10.1 Å². The van der Waals surface area contributed by atoms with Crippen LogP contribution in [-0.4, -0.2) is 51.9 Å². The number of nitrogens with one attached hydrogen (secondary N) is 1. The van der Waals surface area contributed by atoms with E-state index in [4.69, 9.17) is 18.9 Å². The van der Waals surface area contributed by atoms with E-state index in [0.717, 1.165) is 18.4 Å². The number of alkyl halides is 3. The second kappa shape index (κ2) is 14.0. The van der Waals surface area contributed by atoms with Crippen LogP contribution in [0.4, 0.5) is 24.5 Å². The number of para-hydroxylation sites is 1. The van der Waals surface area contributed by atoms with E-state index in [-0.39, 0.29) is 24.5 Å². The van der Waals surface area contributed by atoms with Crippen LogP contribution in [0.2, 0.25) is 0 Å². The first-order chi connectivity index (χ1) is 17.9. The maximum Gasteiger partial charge on any atom is 0.416 e. The molecule has 1 N–H and O–H groups in total. The zero-order chi connectivity index (χ0) is 26.5. The van der Waals surface area contributed by atoms with E-state index in [0.29, 0.717) is 43.4 Å². The fourth-order valence-electron chi connectivity index (χ4n) is 3.15. The van der Waals surface area contributed by atoms with Crippen molar-refractivity contribution >= 4 is 23.6 Å². The van der Waals surface area contributed by atoms with E-state index >= 15 is 0 Å². The second-order valence-corrected chi connectivity index (χ2v) is 7.65. The number of hydrogen-bond acceptors (Lipinski definition) is 7. The minimum Gasteiger partial charge on any atom is -0.491 e. The Bertz CT molecular complexity index is 1150. The number of benzene rings is 3. The molecule has 0 aliphatic heterocycles. The SMILES string of the molecule is O=Cc1ccc(OCCOCCOCCOC(=O)c2ccccc2Nc2cccc(C(F)(F)F)c2)cc1. The van der Waals surface area contributed by atoms with Gasteiger partial charge in [-0.15, -0.1) is 0 Å². The molecule has 37 heavy (non-hydrogen) atoms. The lowest BCUT2D eigenvalue weighted by atomic mass is 10.1. The van der Waals surface area contributed by atoms with Crippen LogP contribution in [0.5, 0.6) is 5.75 Å². The van der Waals surface area contributed by atoms with Gasteiger partial charge in [0.05, 0.1) is 43.2 Å². The molecule has 0 aromatic heterocycles. The molecule has 3 rings (SSSR count). The molecule has 0 heterocycles. The molecule has 0 saturated carbocycles. The van der Waals surface area contributed by atoms with Crippen molar-refractivity contribution in [3.8, 4) is 5.75 Å². The molecule has 196 valence electrons. The molecule has 3 aromatic carbocycles. The highest BCUT2D eigenvalue weighted by Gasteiger charge is 2.30.